The number of hydrogen-bond acceptors (Lipinski definition) is 6. The van der Waals surface area contributed by atoms with Gasteiger partial charge in [-0.3, -0.25) is 9.78 Å². The first-order valence-electron chi connectivity index (χ1n) is 11.4. The van der Waals surface area contributed by atoms with Gasteiger partial charge in [0.15, 0.2) is 0 Å². The number of anilines is 2. The van der Waals surface area contributed by atoms with Crippen LogP contribution in [0.4, 0.5) is 11.6 Å². The quantitative estimate of drug-likeness (QED) is 0.767. The first-order chi connectivity index (χ1) is 15.0. The summed E-state index contributed by atoms with van der Waals surface area (Å²) in [6.07, 6.45) is 6.67. The molecule has 1 saturated heterocycles. The Kier molecular flexibility index (Phi) is 6.80. The average Bonchev–Trinajstić information content (AvgIpc) is 2.73. The fourth-order valence-electron chi connectivity index (χ4n) is 4.66. The van der Waals surface area contributed by atoms with Crippen LogP contribution >= 0.6 is 0 Å². The molecule has 166 valence electrons. The number of ether oxygens (including phenoxy) is 1. The molecule has 0 radical (unpaired) electrons. The van der Waals surface area contributed by atoms with Gasteiger partial charge in [-0.2, -0.15) is 0 Å². The highest BCUT2D eigenvalue weighted by molar-refractivity contribution is 5.76. The number of amides is 1. The number of hydrogen-bond donors (Lipinski definition) is 1. The van der Waals surface area contributed by atoms with Crippen molar-refractivity contribution in [2.24, 2.45) is 5.92 Å². The molecule has 1 saturated carbocycles. The van der Waals surface area contributed by atoms with Gasteiger partial charge in [0.1, 0.15) is 6.10 Å². The fraction of sp³-hybridized carbons (Fsp3) is 0.583. The SMILES string of the molecule is Cc1cc(Nc2nc(C)cc(C)n2)cc(C2CN(C(=O)CC3CCCCC3)CCO2)n1. The molecule has 3 heterocycles. The van der Waals surface area contributed by atoms with Gasteiger partial charge in [0.25, 0.3) is 0 Å². The molecule has 1 amide bonds. The van der Waals surface area contributed by atoms with Crippen LogP contribution in [0.1, 0.15) is 67.4 Å². The van der Waals surface area contributed by atoms with E-state index in [1.165, 1.54) is 32.1 Å². The maximum Gasteiger partial charge on any atom is 0.227 e. The van der Waals surface area contributed by atoms with Gasteiger partial charge >= 0.3 is 0 Å². The molecule has 1 N–H and O–H groups in total. The third-order valence-corrected chi connectivity index (χ3v) is 6.15. The summed E-state index contributed by atoms with van der Waals surface area (Å²) in [6, 6.07) is 5.90. The predicted molar refractivity (Wildman–Crippen MR) is 120 cm³/mol. The van der Waals surface area contributed by atoms with E-state index in [1.807, 2.05) is 43.9 Å². The molecule has 1 atom stereocenters. The maximum atomic E-state index is 12.9. The molecular weight excluding hydrogens is 390 g/mol. The normalized spacial score (nSPS) is 20.0. The average molecular weight is 424 g/mol. The van der Waals surface area contributed by atoms with Crippen LogP contribution in [0.25, 0.3) is 0 Å². The Balaban J connectivity index is 1.45. The summed E-state index contributed by atoms with van der Waals surface area (Å²) in [6.45, 7) is 7.64. The molecule has 1 aliphatic heterocycles. The Morgan fingerprint density at radius 2 is 1.74 bits per heavy atom. The zero-order chi connectivity index (χ0) is 21.8. The summed E-state index contributed by atoms with van der Waals surface area (Å²) in [5.74, 6) is 1.38. The molecule has 2 aliphatic rings. The molecule has 2 aromatic rings. The Morgan fingerprint density at radius 3 is 2.48 bits per heavy atom. The number of nitrogens with zero attached hydrogens (tertiary/aromatic N) is 4. The van der Waals surface area contributed by atoms with Crippen molar-refractivity contribution in [2.75, 3.05) is 25.0 Å². The van der Waals surface area contributed by atoms with Gasteiger partial charge < -0.3 is 15.0 Å². The first kappa shape index (κ1) is 21.7. The number of pyridine rings is 1. The minimum atomic E-state index is -0.218. The van der Waals surface area contributed by atoms with Crippen LogP contribution in [0, 0.1) is 26.7 Å². The summed E-state index contributed by atoms with van der Waals surface area (Å²) >= 11 is 0. The van der Waals surface area contributed by atoms with E-state index >= 15 is 0 Å². The van der Waals surface area contributed by atoms with Gasteiger partial charge in [-0.15, -0.1) is 0 Å². The van der Waals surface area contributed by atoms with Crippen LogP contribution in [0.2, 0.25) is 0 Å². The van der Waals surface area contributed by atoms with Gasteiger partial charge in [-0.05, 0) is 57.7 Å². The summed E-state index contributed by atoms with van der Waals surface area (Å²) in [5.41, 5.74) is 4.44. The standard InChI is InChI=1S/C24H33N5O2/c1-16-11-17(2)27-24(26-16)28-20-12-18(3)25-21(14-20)22-15-29(9-10-31-22)23(30)13-19-7-5-4-6-8-19/h11-12,14,19,22H,4-10,13,15H2,1-3H3,(H,25,26,27,28). The second-order valence-corrected chi connectivity index (χ2v) is 8.93. The summed E-state index contributed by atoms with van der Waals surface area (Å²) < 4.78 is 6.02. The molecular formula is C24H33N5O2. The van der Waals surface area contributed by atoms with E-state index in [2.05, 4.69) is 15.3 Å². The number of carbonyl (C=O) groups excluding carboxylic acids is 1. The Labute approximate surface area is 184 Å². The largest absolute Gasteiger partial charge is 0.368 e. The van der Waals surface area contributed by atoms with E-state index < -0.39 is 0 Å². The molecule has 2 fully saturated rings. The van der Waals surface area contributed by atoms with Gasteiger partial charge in [0.05, 0.1) is 18.8 Å². The van der Waals surface area contributed by atoms with Crippen LogP contribution in [-0.4, -0.2) is 45.5 Å². The van der Waals surface area contributed by atoms with Crippen molar-refractivity contribution in [3.8, 4) is 0 Å². The molecule has 1 unspecified atom stereocenters. The first-order valence-corrected chi connectivity index (χ1v) is 11.4. The number of rotatable bonds is 5. The second kappa shape index (κ2) is 9.73. The smallest absolute Gasteiger partial charge is 0.227 e. The Hall–Kier alpha value is -2.54. The molecule has 7 heteroatoms. The van der Waals surface area contributed by atoms with E-state index in [0.29, 0.717) is 38.0 Å². The van der Waals surface area contributed by atoms with E-state index in [9.17, 15) is 4.79 Å². The number of aryl methyl sites for hydroxylation is 3. The van der Waals surface area contributed by atoms with Crippen LogP contribution in [0.5, 0.6) is 0 Å². The van der Waals surface area contributed by atoms with Gasteiger partial charge in [-0.1, -0.05) is 19.3 Å². The van der Waals surface area contributed by atoms with Crippen molar-refractivity contribution in [3.63, 3.8) is 0 Å². The van der Waals surface area contributed by atoms with Gasteiger partial charge in [0, 0.05) is 35.7 Å². The van der Waals surface area contributed by atoms with Gasteiger partial charge in [-0.25, -0.2) is 9.97 Å². The van der Waals surface area contributed by atoms with E-state index in [0.717, 1.165) is 28.5 Å². The third-order valence-electron chi connectivity index (χ3n) is 6.15. The highest BCUT2D eigenvalue weighted by atomic mass is 16.5. The maximum absolute atomic E-state index is 12.9. The highest BCUT2D eigenvalue weighted by Gasteiger charge is 2.28. The molecule has 7 nitrogen and oxygen atoms in total. The monoisotopic (exact) mass is 423 g/mol. The molecule has 0 aromatic carbocycles. The zero-order valence-corrected chi connectivity index (χ0v) is 18.9. The lowest BCUT2D eigenvalue weighted by molar-refractivity contribution is -0.140. The summed E-state index contributed by atoms with van der Waals surface area (Å²) in [7, 11) is 0. The Bertz CT molecular complexity index is 906. The lowest BCUT2D eigenvalue weighted by Crippen LogP contribution is -2.43. The van der Waals surface area contributed by atoms with Crippen molar-refractivity contribution in [3.05, 3.63) is 41.0 Å². The molecule has 31 heavy (non-hydrogen) atoms. The van der Waals surface area contributed by atoms with Crippen molar-refractivity contribution in [1.82, 2.24) is 19.9 Å². The van der Waals surface area contributed by atoms with Crippen molar-refractivity contribution >= 4 is 17.5 Å². The number of aromatic nitrogens is 3. The minimum absolute atomic E-state index is 0.218. The second-order valence-electron chi connectivity index (χ2n) is 8.93. The van der Waals surface area contributed by atoms with Crippen molar-refractivity contribution < 1.29 is 9.53 Å². The molecule has 4 rings (SSSR count). The van der Waals surface area contributed by atoms with Crippen molar-refractivity contribution in [2.45, 2.75) is 65.4 Å². The van der Waals surface area contributed by atoms with Crippen LogP contribution < -0.4 is 5.32 Å². The number of nitrogens with one attached hydrogen (secondary N) is 1. The molecule has 2 aromatic heterocycles. The topological polar surface area (TPSA) is 80.2 Å². The minimum Gasteiger partial charge on any atom is -0.368 e. The Morgan fingerprint density at radius 1 is 1.03 bits per heavy atom. The van der Waals surface area contributed by atoms with Crippen LogP contribution in [0.15, 0.2) is 18.2 Å². The van der Waals surface area contributed by atoms with Crippen LogP contribution in [-0.2, 0) is 9.53 Å². The third kappa shape index (κ3) is 5.79. The zero-order valence-electron chi connectivity index (χ0n) is 18.9. The van der Waals surface area contributed by atoms with E-state index in [-0.39, 0.29) is 12.0 Å². The lowest BCUT2D eigenvalue weighted by Gasteiger charge is -2.34. The number of carbonyl (C=O) groups is 1. The van der Waals surface area contributed by atoms with E-state index in [1.54, 1.807) is 0 Å². The summed E-state index contributed by atoms with van der Waals surface area (Å²) in [5, 5.41) is 3.30. The van der Waals surface area contributed by atoms with Crippen LogP contribution in [0.3, 0.4) is 0 Å². The summed E-state index contributed by atoms with van der Waals surface area (Å²) in [4.78, 5) is 28.5. The van der Waals surface area contributed by atoms with E-state index in [4.69, 9.17) is 9.72 Å². The lowest BCUT2D eigenvalue weighted by atomic mass is 9.86. The highest BCUT2D eigenvalue weighted by Crippen LogP contribution is 2.29. The molecule has 0 bridgehead atoms. The fourth-order valence-corrected chi connectivity index (χ4v) is 4.66. The number of morpholine rings is 1. The predicted octanol–water partition coefficient (Wildman–Crippen LogP) is 4.41. The molecule has 1 aliphatic carbocycles. The van der Waals surface area contributed by atoms with Gasteiger partial charge in [0.2, 0.25) is 11.9 Å². The molecule has 0 spiro atoms. The van der Waals surface area contributed by atoms with Crippen molar-refractivity contribution in [1.29, 1.82) is 0 Å².